The summed E-state index contributed by atoms with van der Waals surface area (Å²) < 4.78 is 42.5. The number of esters is 1. The topological polar surface area (TPSA) is 52.6 Å². The number of cyclic esters (lactones) is 3. The van der Waals surface area contributed by atoms with Gasteiger partial charge < -0.3 is 9.47 Å². The molecule has 0 aromatic rings. The van der Waals surface area contributed by atoms with E-state index in [9.17, 15) is 22.8 Å². The summed E-state index contributed by atoms with van der Waals surface area (Å²) in [6.45, 7) is 0. The van der Waals surface area contributed by atoms with E-state index >= 15 is 0 Å². The minimum Gasteiger partial charge on any atom is -0.418 e. The van der Waals surface area contributed by atoms with Gasteiger partial charge in [-0.3, -0.25) is 0 Å². The zero-order chi connectivity index (χ0) is 9.35. The maximum atomic E-state index is 11.6. The van der Waals surface area contributed by atoms with Crippen LogP contribution in [0.2, 0.25) is 0 Å². The zero-order valence-corrected chi connectivity index (χ0v) is 5.55. The van der Waals surface area contributed by atoms with Crippen LogP contribution in [0.4, 0.5) is 18.0 Å². The number of carbonyl (C=O) groups is 2. The van der Waals surface area contributed by atoms with Gasteiger partial charge in [0, 0.05) is 0 Å². The summed E-state index contributed by atoms with van der Waals surface area (Å²) in [6.07, 6.45) is -9.27. The number of ether oxygens (including phenoxy) is 2. The van der Waals surface area contributed by atoms with Gasteiger partial charge in [-0.05, 0) is 0 Å². The van der Waals surface area contributed by atoms with Crippen molar-refractivity contribution < 1.29 is 32.2 Å². The van der Waals surface area contributed by atoms with Gasteiger partial charge in [-0.15, -0.1) is 0 Å². The number of rotatable bonds is 1. The molecule has 0 radical (unpaired) electrons. The molecule has 1 heterocycles. The highest BCUT2D eigenvalue weighted by molar-refractivity contribution is 5.90. The first-order valence-electron chi connectivity index (χ1n) is 2.87. The van der Waals surface area contributed by atoms with Crippen LogP contribution in [0.1, 0.15) is 6.42 Å². The normalized spacial score (nSPS) is 23.8. The van der Waals surface area contributed by atoms with E-state index in [1.165, 1.54) is 0 Å². The van der Waals surface area contributed by atoms with Crippen LogP contribution in [0.25, 0.3) is 0 Å². The molecule has 1 saturated heterocycles. The van der Waals surface area contributed by atoms with Gasteiger partial charge in [0.05, 0.1) is 6.42 Å². The first-order chi connectivity index (χ1) is 5.38. The molecule has 4 nitrogen and oxygen atoms in total. The van der Waals surface area contributed by atoms with Crippen LogP contribution < -0.4 is 0 Å². The van der Waals surface area contributed by atoms with Gasteiger partial charge >= 0.3 is 18.3 Å². The Bertz CT molecular complexity index is 221. The molecular formula is C5H3F3O4. The SMILES string of the molecule is O=C1OC(=O)C(CC(F)(F)F)O1. The summed E-state index contributed by atoms with van der Waals surface area (Å²) in [5, 5.41) is 0. The van der Waals surface area contributed by atoms with Crippen molar-refractivity contribution in [1.82, 2.24) is 0 Å². The summed E-state index contributed by atoms with van der Waals surface area (Å²) in [7, 11) is 0. The molecule has 0 aliphatic carbocycles. The number of hydrogen-bond acceptors (Lipinski definition) is 4. The lowest BCUT2D eigenvalue weighted by Crippen LogP contribution is -2.24. The summed E-state index contributed by atoms with van der Waals surface area (Å²) >= 11 is 0. The molecule has 1 rings (SSSR count). The third kappa shape index (κ3) is 2.11. The Morgan fingerprint density at radius 3 is 2.25 bits per heavy atom. The second-order valence-electron chi connectivity index (χ2n) is 2.10. The number of halogens is 3. The highest BCUT2D eigenvalue weighted by Crippen LogP contribution is 2.25. The van der Waals surface area contributed by atoms with E-state index in [-0.39, 0.29) is 0 Å². The Hall–Kier alpha value is -1.27. The van der Waals surface area contributed by atoms with E-state index < -0.39 is 30.8 Å². The second-order valence-corrected chi connectivity index (χ2v) is 2.10. The summed E-state index contributed by atoms with van der Waals surface area (Å²) in [4.78, 5) is 20.5. The lowest BCUT2D eigenvalue weighted by atomic mass is 10.2. The minimum atomic E-state index is -4.55. The summed E-state index contributed by atoms with van der Waals surface area (Å²) in [5.41, 5.74) is 0. The molecular weight excluding hydrogens is 181 g/mol. The van der Waals surface area contributed by atoms with Crippen LogP contribution >= 0.6 is 0 Å². The van der Waals surface area contributed by atoms with Gasteiger partial charge in [0.25, 0.3) is 0 Å². The maximum Gasteiger partial charge on any atom is 0.517 e. The van der Waals surface area contributed by atoms with Gasteiger partial charge in [0.15, 0.2) is 0 Å². The molecule has 0 aromatic carbocycles. The van der Waals surface area contributed by atoms with Crippen molar-refractivity contribution in [1.29, 1.82) is 0 Å². The van der Waals surface area contributed by atoms with E-state index in [4.69, 9.17) is 0 Å². The third-order valence-electron chi connectivity index (χ3n) is 1.10. The quantitative estimate of drug-likeness (QED) is 0.450. The third-order valence-corrected chi connectivity index (χ3v) is 1.10. The van der Waals surface area contributed by atoms with Crippen molar-refractivity contribution in [2.75, 3.05) is 0 Å². The predicted molar refractivity (Wildman–Crippen MR) is 27.0 cm³/mol. The average Bonchev–Trinajstić information content (AvgIpc) is 2.06. The van der Waals surface area contributed by atoms with E-state index in [2.05, 4.69) is 9.47 Å². The second kappa shape index (κ2) is 2.65. The Kier molecular flexibility index (Phi) is 1.95. The molecule has 1 aliphatic rings. The molecule has 1 unspecified atom stereocenters. The van der Waals surface area contributed by atoms with Crippen LogP contribution in [-0.2, 0) is 14.3 Å². The molecule has 68 valence electrons. The maximum absolute atomic E-state index is 11.6. The molecule has 7 heteroatoms. The van der Waals surface area contributed by atoms with Crippen molar-refractivity contribution in [3.05, 3.63) is 0 Å². The van der Waals surface area contributed by atoms with E-state index in [1.807, 2.05) is 0 Å². The highest BCUT2D eigenvalue weighted by atomic mass is 19.4. The van der Waals surface area contributed by atoms with Crippen LogP contribution in [0.5, 0.6) is 0 Å². The molecule has 0 spiro atoms. The Morgan fingerprint density at radius 2 is 1.92 bits per heavy atom. The number of alkyl halides is 3. The van der Waals surface area contributed by atoms with Crippen LogP contribution in [-0.4, -0.2) is 24.4 Å². The highest BCUT2D eigenvalue weighted by Gasteiger charge is 2.43. The molecule has 0 amide bonds. The van der Waals surface area contributed by atoms with Gasteiger partial charge in [-0.2, -0.15) is 13.2 Å². The van der Waals surface area contributed by atoms with Gasteiger partial charge in [0.2, 0.25) is 6.10 Å². The molecule has 1 aliphatic heterocycles. The molecule has 12 heavy (non-hydrogen) atoms. The number of carbonyl (C=O) groups excluding carboxylic acids is 2. The van der Waals surface area contributed by atoms with E-state index in [0.29, 0.717) is 0 Å². The standard InChI is InChI=1S/C5H3F3O4/c6-5(7,8)1-2-3(9)12-4(10)11-2/h2H,1H2. The molecule has 1 fully saturated rings. The van der Waals surface area contributed by atoms with Gasteiger partial charge in [-0.25, -0.2) is 9.59 Å². The fraction of sp³-hybridized carbons (Fsp3) is 0.600. The largest absolute Gasteiger partial charge is 0.517 e. The molecule has 0 bridgehead atoms. The average molecular weight is 184 g/mol. The monoisotopic (exact) mass is 184 g/mol. The van der Waals surface area contributed by atoms with Crippen LogP contribution in [0.3, 0.4) is 0 Å². The fourth-order valence-electron chi connectivity index (χ4n) is 0.671. The first kappa shape index (κ1) is 8.82. The summed E-state index contributed by atoms with van der Waals surface area (Å²) in [5.74, 6) is -1.29. The van der Waals surface area contributed by atoms with Crippen LogP contribution in [0.15, 0.2) is 0 Å². The van der Waals surface area contributed by atoms with Crippen molar-refractivity contribution >= 4 is 12.1 Å². The summed E-state index contributed by atoms with van der Waals surface area (Å²) in [6, 6.07) is 0. The minimum absolute atomic E-state index is 1.29. The lowest BCUT2D eigenvalue weighted by molar-refractivity contribution is -0.161. The Labute approximate surface area is 64.2 Å². The molecule has 0 aromatic heterocycles. The fourth-order valence-corrected chi connectivity index (χ4v) is 0.671. The van der Waals surface area contributed by atoms with Crippen molar-refractivity contribution in [3.63, 3.8) is 0 Å². The zero-order valence-electron chi connectivity index (χ0n) is 5.55. The van der Waals surface area contributed by atoms with E-state index in [1.54, 1.807) is 0 Å². The molecule has 1 atom stereocenters. The Balaban J connectivity index is 2.54. The smallest absolute Gasteiger partial charge is 0.418 e. The Morgan fingerprint density at radius 1 is 1.33 bits per heavy atom. The van der Waals surface area contributed by atoms with Gasteiger partial charge in [-0.1, -0.05) is 0 Å². The van der Waals surface area contributed by atoms with Crippen molar-refractivity contribution in [2.24, 2.45) is 0 Å². The lowest BCUT2D eigenvalue weighted by Gasteiger charge is -2.07. The first-order valence-corrected chi connectivity index (χ1v) is 2.87. The van der Waals surface area contributed by atoms with Crippen LogP contribution in [0, 0.1) is 0 Å². The number of hydrogen-bond donors (Lipinski definition) is 0. The van der Waals surface area contributed by atoms with E-state index in [0.717, 1.165) is 0 Å². The predicted octanol–water partition coefficient (Wildman–Crippen LogP) is 1.00. The molecule has 0 N–H and O–H groups in total. The van der Waals surface area contributed by atoms with Crippen molar-refractivity contribution in [3.8, 4) is 0 Å². The van der Waals surface area contributed by atoms with Crippen molar-refractivity contribution in [2.45, 2.75) is 18.7 Å². The van der Waals surface area contributed by atoms with Gasteiger partial charge in [0.1, 0.15) is 0 Å². The molecule has 0 saturated carbocycles.